The number of quaternary nitrogens is 1. The molecule has 2 aromatic heterocycles. The van der Waals surface area contributed by atoms with Gasteiger partial charge in [0.2, 0.25) is 0 Å². The molecule has 142 valence electrons. The number of benzene rings is 1. The molecule has 2 N–H and O–H groups in total. The molecule has 3 rings (SSSR count). The Morgan fingerprint density at radius 2 is 1.63 bits per heavy atom. The van der Waals surface area contributed by atoms with Gasteiger partial charge >= 0.3 is 0 Å². The average Bonchev–Trinajstić information content (AvgIpc) is 3.30. The molecule has 0 radical (unpaired) electrons. The molecular weight excluding hydrogens is 372 g/mol. The van der Waals surface area contributed by atoms with Gasteiger partial charge in [-0.2, -0.15) is 0 Å². The summed E-state index contributed by atoms with van der Waals surface area (Å²) in [7, 11) is 0. The van der Waals surface area contributed by atoms with Crippen LogP contribution < -0.4 is 10.2 Å². The van der Waals surface area contributed by atoms with E-state index < -0.39 is 0 Å². The Bertz CT molecular complexity index is 818. The van der Waals surface area contributed by atoms with Crippen LogP contribution in [0.4, 0.5) is 5.69 Å². The summed E-state index contributed by atoms with van der Waals surface area (Å²) in [5, 5.41) is 7.39. The fourth-order valence-electron chi connectivity index (χ4n) is 3.26. The molecule has 0 atom stereocenters. The van der Waals surface area contributed by atoms with Gasteiger partial charge in [0.25, 0.3) is 5.91 Å². The van der Waals surface area contributed by atoms with Gasteiger partial charge in [-0.25, -0.2) is 0 Å². The highest BCUT2D eigenvalue weighted by atomic mass is 32.1. The average molecular weight is 400 g/mol. The van der Waals surface area contributed by atoms with Gasteiger partial charge < -0.3 is 10.2 Å². The van der Waals surface area contributed by atoms with Crippen LogP contribution in [0.3, 0.4) is 0 Å². The molecule has 0 aliphatic carbocycles. The molecule has 1 amide bonds. The minimum Gasteiger partial charge on any atom is -0.321 e. The summed E-state index contributed by atoms with van der Waals surface area (Å²) in [6.07, 6.45) is 0. The summed E-state index contributed by atoms with van der Waals surface area (Å²) in [6.45, 7) is 8.58. The lowest BCUT2D eigenvalue weighted by Gasteiger charge is -2.20. The Morgan fingerprint density at radius 1 is 1.00 bits per heavy atom. The predicted octanol–water partition coefficient (Wildman–Crippen LogP) is 4.47. The number of anilines is 1. The van der Waals surface area contributed by atoms with Crippen LogP contribution in [0.15, 0.2) is 53.2 Å². The number of rotatable bonds is 8. The monoisotopic (exact) mass is 399 g/mol. The maximum atomic E-state index is 12.9. The molecule has 5 heteroatoms. The van der Waals surface area contributed by atoms with Crippen LogP contribution in [-0.4, -0.2) is 12.5 Å². The maximum Gasteiger partial charge on any atom is 0.279 e. The van der Waals surface area contributed by atoms with E-state index in [4.69, 9.17) is 0 Å². The van der Waals surface area contributed by atoms with Gasteiger partial charge in [-0.05, 0) is 46.9 Å². The van der Waals surface area contributed by atoms with Crippen molar-refractivity contribution in [3.05, 3.63) is 74.1 Å². The second-order valence-electron chi connectivity index (χ2n) is 7.18. The zero-order valence-corrected chi connectivity index (χ0v) is 17.8. The van der Waals surface area contributed by atoms with Crippen LogP contribution in [0.2, 0.25) is 0 Å². The number of nitrogens with one attached hydrogen (secondary N) is 2. The number of para-hydroxylation sites is 1. The van der Waals surface area contributed by atoms with E-state index in [0.717, 1.165) is 24.3 Å². The standard InChI is InChI=1S/C22H26N2OS2/c1-16(2)20-10-4-7-17(3)22(20)23-21(25)15-24(13-18-8-5-11-26-18)14-19-9-6-12-27-19/h4-12,16H,13-15H2,1-3H3,(H,23,25)/p+1. The second-order valence-corrected chi connectivity index (χ2v) is 9.25. The molecule has 0 unspecified atom stereocenters. The third kappa shape index (κ3) is 5.51. The number of hydrogen-bond acceptors (Lipinski definition) is 3. The first kappa shape index (κ1) is 19.8. The zero-order chi connectivity index (χ0) is 19.2. The Labute approximate surface area is 169 Å². The minimum absolute atomic E-state index is 0.0781. The van der Waals surface area contributed by atoms with E-state index in [1.54, 1.807) is 22.7 Å². The molecular formula is C22H27N2OS2+. The highest BCUT2D eigenvalue weighted by Gasteiger charge is 2.19. The normalized spacial score (nSPS) is 11.3. The third-order valence-electron chi connectivity index (χ3n) is 4.61. The van der Waals surface area contributed by atoms with Gasteiger partial charge in [0, 0.05) is 5.69 Å². The molecule has 0 spiro atoms. The van der Waals surface area contributed by atoms with E-state index >= 15 is 0 Å². The summed E-state index contributed by atoms with van der Waals surface area (Å²) in [5.41, 5.74) is 3.29. The van der Waals surface area contributed by atoms with Crippen molar-refractivity contribution in [2.75, 3.05) is 11.9 Å². The van der Waals surface area contributed by atoms with Gasteiger partial charge in [-0.1, -0.05) is 44.2 Å². The third-order valence-corrected chi connectivity index (χ3v) is 6.36. The zero-order valence-electron chi connectivity index (χ0n) is 16.1. The molecule has 1 aromatic carbocycles. The van der Waals surface area contributed by atoms with E-state index in [2.05, 4.69) is 79.3 Å². The first-order valence-corrected chi connectivity index (χ1v) is 11.1. The van der Waals surface area contributed by atoms with E-state index in [1.165, 1.54) is 20.2 Å². The molecule has 0 saturated heterocycles. The molecule has 0 aliphatic heterocycles. The highest BCUT2D eigenvalue weighted by molar-refractivity contribution is 7.10. The Morgan fingerprint density at radius 3 is 2.15 bits per heavy atom. The largest absolute Gasteiger partial charge is 0.321 e. The minimum atomic E-state index is 0.0781. The Kier molecular flexibility index (Phi) is 6.83. The molecule has 0 fully saturated rings. The fourth-order valence-corrected chi connectivity index (χ4v) is 4.81. The van der Waals surface area contributed by atoms with Crippen LogP contribution >= 0.6 is 22.7 Å². The van der Waals surface area contributed by atoms with Gasteiger partial charge in [0.05, 0.1) is 9.75 Å². The number of amides is 1. The highest BCUT2D eigenvalue weighted by Crippen LogP contribution is 2.27. The van der Waals surface area contributed by atoms with Crippen LogP contribution in [0, 0.1) is 6.92 Å². The summed E-state index contributed by atoms with van der Waals surface area (Å²) in [4.78, 5) is 16.8. The molecule has 27 heavy (non-hydrogen) atoms. The van der Waals surface area contributed by atoms with Gasteiger partial charge in [0.15, 0.2) is 6.54 Å². The number of carbonyl (C=O) groups is 1. The first-order valence-electron chi connectivity index (χ1n) is 9.30. The van der Waals surface area contributed by atoms with Gasteiger partial charge in [-0.15, -0.1) is 22.7 Å². The predicted molar refractivity (Wildman–Crippen MR) is 116 cm³/mol. The quantitative estimate of drug-likeness (QED) is 0.576. The SMILES string of the molecule is Cc1cccc(C(C)C)c1NC(=O)C[NH+](Cc1cccs1)Cc1cccs1. The summed E-state index contributed by atoms with van der Waals surface area (Å²) in [6, 6.07) is 14.7. The van der Waals surface area contributed by atoms with Crippen LogP contribution in [-0.2, 0) is 17.9 Å². The molecule has 0 aliphatic rings. The fraction of sp³-hybridized carbons (Fsp3) is 0.318. The number of aryl methyl sites for hydroxylation is 1. The van der Waals surface area contributed by atoms with Gasteiger partial charge in [0.1, 0.15) is 13.1 Å². The number of carbonyl (C=O) groups excluding carboxylic acids is 1. The van der Waals surface area contributed by atoms with E-state index in [1.807, 2.05) is 0 Å². The van der Waals surface area contributed by atoms with E-state index in [0.29, 0.717) is 12.5 Å². The summed E-state index contributed by atoms with van der Waals surface area (Å²) >= 11 is 3.51. The van der Waals surface area contributed by atoms with Crippen LogP contribution in [0.5, 0.6) is 0 Å². The molecule has 0 bridgehead atoms. The smallest absolute Gasteiger partial charge is 0.279 e. The van der Waals surface area contributed by atoms with Crippen molar-refractivity contribution in [2.24, 2.45) is 0 Å². The van der Waals surface area contributed by atoms with E-state index in [-0.39, 0.29) is 5.91 Å². The van der Waals surface area contributed by atoms with E-state index in [9.17, 15) is 4.79 Å². The van der Waals surface area contributed by atoms with Crippen molar-refractivity contribution >= 4 is 34.3 Å². The van der Waals surface area contributed by atoms with Crippen molar-refractivity contribution in [3.8, 4) is 0 Å². The molecule has 0 saturated carbocycles. The van der Waals surface area contributed by atoms with Crippen molar-refractivity contribution in [2.45, 2.75) is 39.8 Å². The van der Waals surface area contributed by atoms with Crippen LogP contribution in [0.25, 0.3) is 0 Å². The van der Waals surface area contributed by atoms with Crippen molar-refractivity contribution in [1.82, 2.24) is 0 Å². The van der Waals surface area contributed by atoms with Crippen molar-refractivity contribution in [3.63, 3.8) is 0 Å². The maximum absolute atomic E-state index is 12.9. The Hall–Kier alpha value is -1.95. The lowest BCUT2D eigenvalue weighted by molar-refractivity contribution is -0.918. The van der Waals surface area contributed by atoms with Gasteiger partial charge in [-0.3, -0.25) is 4.79 Å². The van der Waals surface area contributed by atoms with Crippen LogP contribution in [0.1, 0.15) is 40.6 Å². The second kappa shape index (κ2) is 9.31. The van der Waals surface area contributed by atoms with Crippen molar-refractivity contribution < 1.29 is 9.69 Å². The number of thiophene rings is 2. The summed E-state index contributed by atoms with van der Waals surface area (Å²) in [5.74, 6) is 0.454. The Balaban J connectivity index is 1.72. The topological polar surface area (TPSA) is 33.5 Å². The first-order chi connectivity index (χ1) is 13.0. The molecule has 3 nitrogen and oxygen atoms in total. The lowest BCUT2D eigenvalue weighted by Crippen LogP contribution is -3.10. The lowest BCUT2D eigenvalue weighted by atomic mass is 9.98. The molecule has 3 aromatic rings. The number of hydrogen-bond donors (Lipinski definition) is 2. The van der Waals surface area contributed by atoms with Crippen molar-refractivity contribution in [1.29, 1.82) is 0 Å². The molecule has 2 heterocycles. The summed E-state index contributed by atoms with van der Waals surface area (Å²) < 4.78 is 0.